The first kappa shape index (κ1) is 13.6. The predicted octanol–water partition coefficient (Wildman–Crippen LogP) is 3.48. The third-order valence-corrected chi connectivity index (χ3v) is 3.36. The van der Waals surface area contributed by atoms with Gasteiger partial charge in [0.15, 0.2) is 0 Å². The number of aromatic amines is 1. The molecule has 1 heterocycles. The maximum atomic E-state index is 5.67. The molecule has 0 aliphatic rings. The van der Waals surface area contributed by atoms with Crippen molar-refractivity contribution in [2.45, 2.75) is 19.9 Å². The second-order valence-electron chi connectivity index (χ2n) is 5.02. The van der Waals surface area contributed by atoms with E-state index in [1.165, 1.54) is 0 Å². The molecule has 3 rings (SSSR count). The summed E-state index contributed by atoms with van der Waals surface area (Å²) in [6, 6.07) is 14.0. The molecule has 4 nitrogen and oxygen atoms in total. The van der Waals surface area contributed by atoms with Crippen molar-refractivity contribution in [1.82, 2.24) is 9.97 Å². The zero-order valence-electron chi connectivity index (χ0n) is 12.1. The number of rotatable bonds is 5. The van der Waals surface area contributed by atoms with E-state index in [2.05, 4.69) is 16.9 Å². The van der Waals surface area contributed by atoms with Gasteiger partial charge in [-0.2, -0.15) is 0 Å². The quantitative estimate of drug-likeness (QED) is 0.752. The fourth-order valence-electron chi connectivity index (χ4n) is 2.27. The van der Waals surface area contributed by atoms with Gasteiger partial charge in [-0.05, 0) is 36.2 Å². The Balaban J connectivity index is 1.96. The lowest BCUT2D eigenvalue weighted by Crippen LogP contribution is -1.95. The first-order chi connectivity index (χ1) is 10.3. The summed E-state index contributed by atoms with van der Waals surface area (Å²) in [5, 5.41) is 0. The van der Waals surface area contributed by atoms with Gasteiger partial charge >= 0.3 is 0 Å². The summed E-state index contributed by atoms with van der Waals surface area (Å²) >= 11 is 0. The molecule has 0 saturated heterocycles. The second-order valence-corrected chi connectivity index (χ2v) is 5.02. The molecule has 0 aliphatic carbocycles. The molecule has 0 saturated carbocycles. The van der Waals surface area contributed by atoms with Crippen molar-refractivity contribution >= 4 is 11.0 Å². The smallest absolute Gasteiger partial charge is 0.138 e. The van der Waals surface area contributed by atoms with Gasteiger partial charge in [-0.1, -0.05) is 25.1 Å². The molecule has 0 atom stereocenters. The highest BCUT2D eigenvalue weighted by Crippen LogP contribution is 2.24. The summed E-state index contributed by atoms with van der Waals surface area (Å²) in [6.07, 6.45) is 0.997. The number of benzene rings is 2. The summed E-state index contributed by atoms with van der Waals surface area (Å²) in [4.78, 5) is 7.98. The number of nitrogens with two attached hydrogens (primary N) is 1. The van der Waals surface area contributed by atoms with Crippen LogP contribution in [0.25, 0.3) is 22.4 Å². The van der Waals surface area contributed by atoms with Gasteiger partial charge in [0, 0.05) is 12.1 Å². The van der Waals surface area contributed by atoms with Gasteiger partial charge in [-0.15, -0.1) is 0 Å². The van der Waals surface area contributed by atoms with E-state index >= 15 is 0 Å². The molecule has 0 bridgehead atoms. The van der Waals surface area contributed by atoms with Crippen molar-refractivity contribution in [1.29, 1.82) is 0 Å². The number of fused-ring (bicyclic) bond motifs is 1. The number of nitrogens with zero attached hydrogens (tertiary/aromatic N) is 1. The van der Waals surface area contributed by atoms with Gasteiger partial charge in [-0.3, -0.25) is 0 Å². The lowest BCUT2D eigenvalue weighted by molar-refractivity contribution is 0.317. The highest BCUT2D eigenvalue weighted by atomic mass is 16.5. The monoisotopic (exact) mass is 281 g/mol. The number of hydrogen-bond donors (Lipinski definition) is 2. The van der Waals surface area contributed by atoms with Gasteiger partial charge in [-0.25, -0.2) is 4.98 Å². The molecule has 0 aliphatic heterocycles. The van der Waals surface area contributed by atoms with Crippen LogP contribution in [-0.4, -0.2) is 16.6 Å². The average Bonchev–Trinajstić information content (AvgIpc) is 2.96. The molecule has 0 amide bonds. The Morgan fingerprint density at radius 3 is 2.90 bits per heavy atom. The van der Waals surface area contributed by atoms with E-state index in [0.717, 1.165) is 46.8 Å². The van der Waals surface area contributed by atoms with Crippen LogP contribution in [0, 0.1) is 0 Å². The Kier molecular flexibility index (Phi) is 3.88. The molecule has 108 valence electrons. The van der Waals surface area contributed by atoms with Gasteiger partial charge < -0.3 is 15.5 Å². The van der Waals surface area contributed by atoms with Crippen LogP contribution in [0.5, 0.6) is 5.75 Å². The summed E-state index contributed by atoms with van der Waals surface area (Å²) in [6.45, 7) is 3.35. The van der Waals surface area contributed by atoms with Gasteiger partial charge in [0.1, 0.15) is 11.6 Å². The molecule has 0 fully saturated rings. The largest absolute Gasteiger partial charge is 0.494 e. The molecule has 3 N–H and O–H groups in total. The van der Waals surface area contributed by atoms with E-state index in [4.69, 9.17) is 10.5 Å². The summed E-state index contributed by atoms with van der Waals surface area (Å²) in [5.41, 5.74) is 9.75. The number of ether oxygens (including phenoxy) is 1. The minimum absolute atomic E-state index is 0.532. The summed E-state index contributed by atoms with van der Waals surface area (Å²) in [5.74, 6) is 1.72. The Hall–Kier alpha value is -2.33. The van der Waals surface area contributed by atoms with Crippen LogP contribution in [-0.2, 0) is 6.54 Å². The molecular weight excluding hydrogens is 262 g/mol. The number of nitrogens with one attached hydrogen (secondary N) is 1. The summed E-state index contributed by atoms with van der Waals surface area (Å²) in [7, 11) is 0. The predicted molar refractivity (Wildman–Crippen MR) is 85.2 cm³/mol. The summed E-state index contributed by atoms with van der Waals surface area (Å²) < 4.78 is 5.67. The minimum atomic E-state index is 0.532. The highest BCUT2D eigenvalue weighted by Gasteiger charge is 2.07. The first-order valence-corrected chi connectivity index (χ1v) is 7.22. The molecule has 3 aromatic rings. The van der Waals surface area contributed by atoms with Crippen molar-refractivity contribution in [3.8, 4) is 17.1 Å². The van der Waals surface area contributed by atoms with Crippen LogP contribution in [0.4, 0.5) is 0 Å². The van der Waals surface area contributed by atoms with Crippen LogP contribution < -0.4 is 10.5 Å². The van der Waals surface area contributed by atoms with Crippen LogP contribution in [0.15, 0.2) is 42.5 Å². The van der Waals surface area contributed by atoms with Crippen LogP contribution in [0.1, 0.15) is 18.9 Å². The van der Waals surface area contributed by atoms with Gasteiger partial charge in [0.05, 0.1) is 17.6 Å². The SMILES string of the molecule is CCCOc1cccc(-c2nc3ccc(CN)cc3[nH]2)c1. The van der Waals surface area contributed by atoms with Crippen molar-refractivity contribution in [3.05, 3.63) is 48.0 Å². The van der Waals surface area contributed by atoms with Crippen LogP contribution >= 0.6 is 0 Å². The zero-order chi connectivity index (χ0) is 14.7. The average molecular weight is 281 g/mol. The maximum Gasteiger partial charge on any atom is 0.138 e. The lowest BCUT2D eigenvalue weighted by Gasteiger charge is -2.05. The number of H-pyrrole nitrogens is 1. The van der Waals surface area contributed by atoms with Crippen molar-refractivity contribution in [2.24, 2.45) is 5.73 Å². The molecule has 0 spiro atoms. The number of aromatic nitrogens is 2. The number of imidazole rings is 1. The van der Waals surface area contributed by atoms with Gasteiger partial charge in [0.2, 0.25) is 0 Å². The maximum absolute atomic E-state index is 5.67. The molecule has 21 heavy (non-hydrogen) atoms. The van der Waals surface area contributed by atoms with E-state index in [0.29, 0.717) is 6.54 Å². The van der Waals surface area contributed by atoms with Crippen molar-refractivity contribution in [2.75, 3.05) is 6.61 Å². The third-order valence-electron chi connectivity index (χ3n) is 3.36. The van der Waals surface area contributed by atoms with E-state index in [1.807, 2.05) is 42.5 Å². The molecule has 2 aromatic carbocycles. The highest BCUT2D eigenvalue weighted by molar-refractivity contribution is 5.80. The Morgan fingerprint density at radius 1 is 1.19 bits per heavy atom. The van der Waals surface area contributed by atoms with E-state index in [1.54, 1.807) is 0 Å². The van der Waals surface area contributed by atoms with Crippen LogP contribution in [0.3, 0.4) is 0 Å². The Morgan fingerprint density at radius 2 is 2.10 bits per heavy atom. The standard InChI is InChI=1S/C17H19N3O/c1-2-8-21-14-5-3-4-13(10-14)17-19-15-7-6-12(11-18)9-16(15)20-17/h3-7,9-10H,2,8,11,18H2,1H3,(H,19,20). The topological polar surface area (TPSA) is 63.9 Å². The minimum Gasteiger partial charge on any atom is -0.494 e. The Labute approximate surface area is 124 Å². The van der Waals surface area contributed by atoms with E-state index in [-0.39, 0.29) is 0 Å². The fourth-order valence-corrected chi connectivity index (χ4v) is 2.27. The molecular formula is C17H19N3O. The fraction of sp³-hybridized carbons (Fsp3) is 0.235. The third kappa shape index (κ3) is 2.90. The van der Waals surface area contributed by atoms with Crippen LogP contribution in [0.2, 0.25) is 0 Å². The second kappa shape index (κ2) is 5.97. The normalized spacial score (nSPS) is 11.0. The number of hydrogen-bond acceptors (Lipinski definition) is 3. The zero-order valence-corrected chi connectivity index (χ0v) is 12.1. The van der Waals surface area contributed by atoms with Gasteiger partial charge in [0.25, 0.3) is 0 Å². The molecule has 0 unspecified atom stereocenters. The van der Waals surface area contributed by atoms with E-state index in [9.17, 15) is 0 Å². The lowest BCUT2D eigenvalue weighted by atomic mass is 10.2. The first-order valence-electron chi connectivity index (χ1n) is 7.22. The Bertz CT molecular complexity index is 749. The van der Waals surface area contributed by atoms with Crippen molar-refractivity contribution < 1.29 is 4.74 Å². The molecule has 4 heteroatoms. The van der Waals surface area contributed by atoms with Crippen molar-refractivity contribution in [3.63, 3.8) is 0 Å². The molecule has 1 aromatic heterocycles. The van der Waals surface area contributed by atoms with E-state index < -0.39 is 0 Å². The molecule has 0 radical (unpaired) electrons.